The van der Waals surface area contributed by atoms with Gasteiger partial charge in [-0.05, 0) is 65.4 Å². The van der Waals surface area contributed by atoms with Gasteiger partial charge in [-0.1, -0.05) is 183 Å². The standard InChI is InChI=1S/C46H78O4/c1-6-7-8-9-16-27-36-43(41-32-23-21-24-33-41)46(42-34-25-22-26-35-42,49-39-30-19-14-10-12-17-28-37-44(2,3)47)50-40-31-20-15-11-13-18-29-38-45(4,5)48/h21-26,32-35,43,47-48H,6-20,27-31,36-40H2,1-5H3. The third-order valence-corrected chi connectivity index (χ3v) is 10.2. The van der Waals surface area contributed by atoms with Gasteiger partial charge >= 0.3 is 0 Å². The van der Waals surface area contributed by atoms with E-state index in [0.717, 1.165) is 50.5 Å². The summed E-state index contributed by atoms with van der Waals surface area (Å²) in [6.45, 7) is 11.3. The Labute approximate surface area is 309 Å². The van der Waals surface area contributed by atoms with E-state index < -0.39 is 17.0 Å². The Morgan fingerprint density at radius 1 is 0.480 bits per heavy atom. The maximum atomic E-state index is 9.99. The number of hydrogen-bond acceptors (Lipinski definition) is 4. The molecule has 4 nitrogen and oxygen atoms in total. The van der Waals surface area contributed by atoms with E-state index in [2.05, 4.69) is 67.6 Å². The molecular weight excluding hydrogens is 617 g/mol. The first-order chi connectivity index (χ1) is 24.1. The van der Waals surface area contributed by atoms with Gasteiger partial charge in [0.15, 0.2) is 0 Å². The molecule has 0 fully saturated rings. The molecule has 0 radical (unpaired) electrons. The monoisotopic (exact) mass is 695 g/mol. The summed E-state index contributed by atoms with van der Waals surface area (Å²) in [4.78, 5) is 0. The minimum atomic E-state index is -0.819. The Balaban J connectivity index is 2.10. The Kier molecular flexibility index (Phi) is 23.2. The summed E-state index contributed by atoms with van der Waals surface area (Å²) in [5, 5.41) is 20.0. The van der Waals surface area contributed by atoms with Crippen LogP contribution < -0.4 is 0 Å². The Hall–Kier alpha value is -1.72. The van der Waals surface area contributed by atoms with Crippen molar-refractivity contribution in [1.29, 1.82) is 0 Å². The van der Waals surface area contributed by atoms with Crippen molar-refractivity contribution >= 4 is 0 Å². The van der Waals surface area contributed by atoms with Crippen LogP contribution in [0.15, 0.2) is 60.7 Å². The van der Waals surface area contributed by atoms with Gasteiger partial charge in [0.05, 0.1) is 24.4 Å². The van der Waals surface area contributed by atoms with E-state index in [0.29, 0.717) is 13.2 Å². The van der Waals surface area contributed by atoms with Crippen molar-refractivity contribution in [2.75, 3.05) is 13.2 Å². The van der Waals surface area contributed by atoms with Crippen LogP contribution in [0, 0.1) is 0 Å². The highest BCUT2D eigenvalue weighted by Crippen LogP contribution is 2.45. The van der Waals surface area contributed by atoms with Gasteiger partial charge in [-0.2, -0.15) is 0 Å². The fraction of sp³-hybridized carbons (Fsp3) is 0.739. The first-order valence-corrected chi connectivity index (χ1v) is 20.9. The normalized spacial score (nSPS) is 13.2. The lowest BCUT2D eigenvalue weighted by Gasteiger charge is -2.41. The van der Waals surface area contributed by atoms with Gasteiger partial charge in [0.2, 0.25) is 5.79 Å². The molecule has 0 aliphatic heterocycles. The van der Waals surface area contributed by atoms with Gasteiger partial charge in [-0.3, -0.25) is 0 Å². The summed E-state index contributed by atoms with van der Waals surface area (Å²) in [5.41, 5.74) is 1.35. The average molecular weight is 695 g/mol. The molecule has 0 aliphatic rings. The minimum Gasteiger partial charge on any atom is -0.390 e. The van der Waals surface area contributed by atoms with Gasteiger partial charge < -0.3 is 19.7 Å². The van der Waals surface area contributed by atoms with Crippen LogP contribution >= 0.6 is 0 Å². The van der Waals surface area contributed by atoms with Crippen LogP contribution in [0.2, 0.25) is 0 Å². The number of hydrogen-bond donors (Lipinski definition) is 2. The average Bonchev–Trinajstić information content (AvgIpc) is 3.08. The van der Waals surface area contributed by atoms with Crippen molar-refractivity contribution in [3.8, 4) is 0 Å². The molecule has 0 amide bonds. The zero-order valence-corrected chi connectivity index (χ0v) is 33.2. The molecule has 4 heteroatoms. The third kappa shape index (κ3) is 20.4. The predicted octanol–water partition coefficient (Wildman–Crippen LogP) is 13.2. The Morgan fingerprint density at radius 3 is 1.30 bits per heavy atom. The quantitative estimate of drug-likeness (QED) is 0.0591. The van der Waals surface area contributed by atoms with Gasteiger partial charge in [0.25, 0.3) is 0 Å². The van der Waals surface area contributed by atoms with Crippen molar-refractivity contribution < 1.29 is 19.7 Å². The summed E-state index contributed by atoms with van der Waals surface area (Å²) in [7, 11) is 0. The highest BCUT2D eigenvalue weighted by molar-refractivity contribution is 5.30. The fourth-order valence-electron chi connectivity index (χ4n) is 7.21. The molecule has 2 N–H and O–H groups in total. The highest BCUT2D eigenvalue weighted by Gasteiger charge is 2.43. The molecule has 2 aromatic rings. The van der Waals surface area contributed by atoms with Crippen molar-refractivity contribution in [3.63, 3.8) is 0 Å². The van der Waals surface area contributed by atoms with Crippen LogP contribution in [0.5, 0.6) is 0 Å². The van der Waals surface area contributed by atoms with E-state index in [1.165, 1.54) is 108 Å². The van der Waals surface area contributed by atoms with Crippen LogP contribution in [-0.2, 0) is 15.3 Å². The number of unbranched alkanes of at least 4 members (excludes halogenated alkanes) is 17. The van der Waals surface area contributed by atoms with Crippen molar-refractivity contribution in [2.24, 2.45) is 0 Å². The van der Waals surface area contributed by atoms with E-state index in [4.69, 9.17) is 9.47 Å². The molecule has 0 bridgehead atoms. The van der Waals surface area contributed by atoms with E-state index >= 15 is 0 Å². The molecule has 0 aromatic heterocycles. The number of ether oxygens (including phenoxy) is 2. The van der Waals surface area contributed by atoms with Crippen LogP contribution in [-0.4, -0.2) is 34.6 Å². The molecular formula is C46H78O4. The molecule has 1 atom stereocenters. The van der Waals surface area contributed by atoms with Gasteiger partial charge in [0.1, 0.15) is 0 Å². The molecule has 286 valence electrons. The second-order valence-electron chi connectivity index (χ2n) is 16.3. The second-order valence-corrected chi connectivity index (χ2v) is 16.3. The zero-order valence-electron chi connectivity index (χ0n) is 33.2. The predicted molar refractivity (Wildman–Crippen MR) is 214 cm³/mol. The fourth-order valence-corrected chi connectivity index (χ4v) is 7.21. The van der Waals surface area contributed by atoms with Crippen molar-refractivity contribution in [3.05, 3.63) is 71.8 Å². The van der Waals surface area contributed by atoms with Crippen LogP contribution in [0.1, 0.15) is 199 Å². The number of rotatable bonds is 32. The number of aliphatic hydroxyl groups is 2. The van der Waals surface area contributed by atoms with Crippen molar-refractivity contribution in [1.82, 2.24) is 0 Å². The summed E-state index contributed by atoms with van der Waals surface area (Å²) in [5.74, 6) is -0.705. The Morgan fingerprint density at radius 2 is 0.860 bits per heavy atom. The molecule has 0 saturated heterocycles. The summed E-state index contributed by atoms with van der Waals surface area (Å²) in [6.07, 6.45) is 26.9. The lowest BCUT2D eigenvalue weighted by atomic mass is 9.81. The van der Waals surface area contributed by atoms with Gasteiger partial charge in [-0.15, -0.1) is 0 Å². The molecule has 2 aromatic carbocycles. The first-order valence-electron chi connectivity index (χ1n) is 20.9. The lowest BCUT2D eigenvalue weighted by molar-refractivity contribution is -0.264. The van der Waals surface area contributed by atoms with E-state index in [-0.39, 0.29) is 5.92 Å². The van der Waals surface area contributed by atoms with E-state index in [1.54, 1.807) is 0 Å². The second kappa shape index (κ2) is 26.1. The van der Waals surface area contributed by atoms with Crippen molar-refractivity contribution in [2.45, 2.75) is 205 Å². The van der Waals surface area contributed by atoms with Gasteiger partial charge in [0, 0.05) is 11.5 Å². The summed E-state index contributed by atoms with van der Waals surface area (Å²) in [6, 6.07) is 21.8. The SMILES string of the molecule is CCCCCCCCC(c1ccccc1)C(OCCCCCCCCCC(C)(C)O)(OCCCCCCCCCC(C)(C)O)c1ccccc1. The molecule has 50 heavy (non-hydrogen) atoms. The zero-order chi connectivity index (χ0) is 36.4. The van der Waals surface area contributed by atoms with Crippen LogP contribution in [0.25, 0.3) is 0 Å². The third-order valence-electron chi connectivity index (χ3n) is 10.2. The summed E-state index contributed by atoms with van der Waals surface area (Å²) < 4.78 is 14.3. The molecule has 1 unspecified atom stereocenters. The largest absolute Gasteiger partial charge is 0.390 e. The Bertz CT molecular complexity index is 1010. The molecule has 0 aliphatic carbocycles. The topological polar surface area (TPSA) is 58.9 Å². The lowest BCUT2D eigenvalue weighted by Crippen LogP contribution is -2.40. The summed E-state index contributed by atoms with van der Waals surface area (Å²) >= 11 is 0. The smallest absolute Gasteiger partial charge is 0.201 e. The number of benzene rings is 2. The van der Waals surface area contributed by atoms with E-state index in [1.807, 2.05) is 27.7 Å². The van der Waals surface area contributed by atoms with E-state index in [9.17, 15) is 10.2 Å². The molecule has 2 rings (SSSR count). The molecule has 0 saturated carbocycles. The minimum absolute atomic E-state index is 0.115. The molecule has 0 spiro atoms. The maximum absolute atomic E-state index is 9.99. The van der Waals surface area contributed by atoms with Crippen LogP contribution in [0.3, 0.4) is 0 Å². The van der Waals surface area contributed by atoms with Gasteiger partial charge in [-0.25, -0.2) is 0 Å². The molecule has 0 heterocycles. The maximum Gasteiger partial charge on any atom is 0.201 e. The first kappa shape index (κ1) is 44.4. The highest BCUT2D eigenvalue weighted by atomic mass is 16.7. The van der Waals surface area contributed by atoms with Crippen LogP contribution in [0.4, 0.5) is 0 Å².